The molecule has 0 saturated heterocycles. The van der Waals surface area contributed by atoms with Gasteiger partial charge in [-0.25, -0.2) is 8.42 Å². The fraction of sp³-hybridized carbons (Fsp3) is 0.174. The van der Waals surface area contributed by atoms with E-state index in [0.29, 0.717) is 11.3 Å². The highest BCUT2D eigenvalue weighted by Crippen LogP contribution is 2.31. The van der Waals surface area contributed by atoms with Gasteiger partial charge in [-0.15, -0.1) is 0 Å². The van der Waals surface area contributed by atoms with Crippen molar-refractivity contribution in [2.45, 2.75) is 30.7 Å². The number of carbonyl (C=O) groups is 1. The molecule has 0 heterocycles. The van der Waals surface area contributed by atoms with Crippen LogP contribution in [0.15, 0.2) is 77.7 Å². The van der Waals surface area contributed by atoms with E-state index in [2.05, 4.69) is 16.1 Å². The maximum atomic E-state index is 12.6. The first kappa shape index (κ1) is 19.2. The van der Waals surface area contributed by atoms with Crippen LogP contribution in [-0.4, -0.2) is 14.3 Å². The zero-order chi connectivity index (χ0) is 20.4. The number of nitrogens with one attached hydrogen (secondary N) is 2. The van der Waals surface area contributed by atoms with Crippen LogP contribution >= 0.6 is 0 Å². The summed E-state index contributed by atoms with van der Waals surface area (Å²) < 4.78 is 27.7. The van der Waals surface area contributed by atoms with Gasteiger partial charge in [-0.05, 0) is 67.3 Å². The zero-order valence-corrected chi connectivity index (χ0v) is 16.9. The predicted molar refractivity (Wildman–Crippen MR) is 113 cm³/mol. The Morgan fingerprint density at radius 3 is 2.34 bits per heavy atom. The number of fused-ring (bicyclic) bond motifs is 1. The molecule has 5 nitrogen and oxygen atoms in total. The Morgan fingerprint density at radius 2 is 1.62 bits per heavy atom. The minimum atomic E-state index is -3.71. The lowest BCUT2D eigenvalue weighted by Gasteiger charge is -2.14. The zero-order valence-electron chi connectivity index (χ0n) is 16.1. The van der Waals surface area contributed by atoms with Crippen molar-refractivity contribution < 1.29 is 13.2 Å². The summed E-state index contributed by atoms with van der Waals surface area (Å²) in [6, 6.07) is 21.2. The van der Waals surface area contributed by atoms with E-state index >= 15 is 0 Å². The minimum absolute atomic E-state index is 0.00897. The lowest BCUT2D eigenvalue weighted by molar-refractivity contribution is 0.0936. The molecule has 0 bridgehead atoms. The summed E-state index contributed by atoms with van der Waals surface area (Å²) in [5.41, 5.74) is 4.40. The monoisotopic (exact) mass is 406 g/mol. The van der Waals surface area contributed by atoms with E-state index in [1.54, 1.807) is 24.3 Å². The Bertz CT molecular complexity index is 1140. The van der Waals surface area contributed by atoms with E-state index in [1.165, 1.54) is 17.7 Å². The third-order valence-electron chi connectivity index (χ3n) is 5.17. The summed E-state index contributed by atoms with van der Waals surface area (Å²) in [5.74, 6) is -0.206. The molecular weight excluding hydrogens is 384 g/mol. The smallest absolute Gasteiger partial charge is 0.261 e. The largest absolute Gasteiger partial charge is 0.345 e. The van der Waals surface area contributed by atoms with Crippen LogP contribution in [0.5, 0.6) is 0 Å². The van der Waals surface area contributed by atoms with Crippen molar-refractivity contribution in [3.05, 3.63) is 95.1 Å². The van der Waals surface area contributed by atoms with Gasteiger partial charge in [0.05, 0.1) is 10.9 Å². The Balaban J connectivity index is 1.46. The van der Waals surface area contributed by atoms with E-state index in [0.717, 1.165) is 24.0 Å². The fourth-order valence-corrected chi connectivity index (χ4v) is 4.63. The molecule has 0 radical (unpaired) electrons. The van der Waals surface area contributed by atoms with Crippen LogP contribution in [-0.2, 0) is 16.4 Å². The van der Waals surface area contributed by atoms with E-state index in [-0.39, 0.29) is 16.8 Å². The quantitative estimate of drug-likeness (QED) is 0.666. The van der Waals surface area contributed by atoms with Gasteiger partial charge < -0.3 is 5.32 Å². The number of benzene rings is 3. The summed E-state index contributed by atoms with van der Waals surface area (Å²) in [7, 11) is -3.71. The topological polar surface area (TPSA) is 75.3 Å². The number of aryl methyl sites for hydroxylation is 2. The Kier molecular flexibility index (Phi) is 5.11. The SMILES string of the molecule is Cc1ccc(NS(=O)(=O)c2ccc(C(=O)NC3CCc4ccccc43)cc2)cc1. The number of hydrogen-bond donors (Lipinski definition) is 2. The molecule has 0 spiro atoms. The highest BCUT2D eigenvalue weighted by Gasteiger charge is 2.24. The normalized spacial score (nSPS) is 15.6. The lowest BCUT2D eigenvalue weighted by atomic mass is 10.1. The summed E-state index contributed by atoms with van der Waals surface area (Å²) in [5, 5.41) is 3.05. The minimum Gasteiger partial charge on any atom is -0.345 e. The van der Waals surface area contributed by atoms with Crippen LogP contribution in [0, 0.1) is 6.92 Å². The first-order chi connectivity index (χ1) is 13.9. The van der Waals surface area contributed by atoms with Crippen molar-refractivity contribution in [3.8, 4) is 0 Å². The van der Waals surface area contributed by atoms with Crippen molar-refractivity contribution in [1.29, 1.82) is 0 Å². The number of anilines is 1. The average Bonchev–Trinajstić information content (AvgIpc) is 3.13. The van der Waals surface area contributed by atoms with E-state index in [9.17, 15) is 13.2 Å². The molecule has 1 atom stereocenters. The maximum Gasteiger partial charge on any atom is 0.261 e. The maximum absolute atomic E-state index is 12.6. The summed E-state index contributed by atoms with van der Waals surface area (Å²) in [6.07, 6.45) is 1.82. The van der Waals surface area contributed by atoms with Crippen LogP contribution in [0.25, 0.3) is 0 Å². The molecule has 29 heavy (non-hydrogen) atoms. The fourth-order valence-electron chi connectivity index (χ4n) is 3.57. The lowest BCUT2D eigenvalue weighted by Crippen LogP contribution is -2.27. The predicted octanol–water partition coefficient (Wildman–Crippen LogP) is 4.21. The Labute approximate surface area is 170 Å². The van der Waals surface area contributed by atoms with Gasteiger partial charge >= 0.3 is 0 Å². The summed E-state index contributed by atoms with van der Waals surface area (Å²) in [6.45, 7) is 1.94. The van der Waals surface area contributed by atoms with Crippen LogP contribution in [0.3, 0.4) is 0 Å². The van der Waals surface area contributed by atoms with Crippen molar-refractivity contribution >= 4 is 21.6 Å². The molecule has 1 unspecified atom stereocenters. The highest BCUT2D eigenvalue weighted by molar-refractivity contribution is 7.92. The second-order valence-electron chi connectivity index (χ2n) is 7.26. The first-order valence-corrected chi connectivity index (χ1v) is 11.0. The van der Waals surface area contributed by atoms with Gasteiger partial charge in [-0.3, -0.25) is 9.52 Å². The number of amides is 1. The third-order valence-corrected chi connectivity index (χ3v) is 6.57. The van der Waals surface area contributed by atoms with Gasteiger partial charge in [0.2, 0.25) is 0 Å². The van der Waals surface area contributed by atoms with E-state index < -0.39 is 10.0 Å². The third kappa shape index (κ3) is 4.17. The molecule has 3 aromatic carbocycles. The number of sulfonamides is 1. The van der Waals surface area contributed by atoms with Crippen LogP contribution < -0.4 is 10.0 Å². The highest BCUT2D eigenvalue weighted by atomic mass is 32.2. The Morgan fingerprint density at radius 1 is 0.931 bits per heavy atom. The van der Waals surface area contributed by atoms with Gasteiger partial charge in [0.1, 0.15) is 0 Å². The van der Waals surface area contributed by atoms with Gasteiger partial charge in [0.25, 0.3) is 15.9 Å². The molecule has 4 rings (SSSR count). The number of rotatable bonds is 5. The molecule has 0 saturated carbocycles. The average molecular weight is 407 g/mol. The van der Waals surface area contributed by atoms with Crippen molar-refractivity contribution in [3.63, 3.8) is 0 Å². The number of carbonyl (C=O) groups excluding carboxylic acids is 1. The summed E-state index contributed by atoms with van der Waals surface area (Å²) >= 11 is 0. The van der Waals surface area contributed by atoms with Gasteiger partial charge in [-0.1, -0.05) is 42.0 Å². The molecule has 1 aliphatic rings. The van der Waals surface area contributed by atoms with Crippen LogP contribution in [0.4, 0.5) is 5.69 Å². The molecule has 1 aliphatic carbocycles. The summed E-state index contributed by atoms with van der Waals surface area (Å²) in [4.78, 5) is 12.7. The molecular formula is C23H22N2O3S. The van der Waals surface area contributed by atoms with Crippen molar-refractivity contribution in [1.82, 2.24) is 5.32 Å². The molecule has 3 aromatic rings. The first-order valence-electron chi connectivity index (χ1n) is 9.50. The van der Waals surface area contributed by atoms with E-state index in [4.69, 9.17) is 0 Å². The molecule has 148 valence electrons. The van der Waals surface area contributed by atoms with Gasteiger partial charge in [0, 0.05) is 11.3 Å². The second-order valence-corrected chi connectivity index (χ2v) is 8.94. The molecule has 2 N–H and O–H groups in total. The number of hydrogen-bond acceptors (Lipinski definition) is 3. The van der Waals surface area contributed by atoms with E-state index in [1.807, 2.05) is 37.3 Å². The molecule has 0 fully saturated rings. The van der Waals surface area contributed by atoms with Crippen LogP contribution in [0.2, 0.25) is 0 Å². The van der Waals surface area contributed by atoms with Gasteiger partial charge in [0.15, 0.2) is 0 Å². The molecule has 0 aromatic heterocycles. The van der Waals surface area contributed by atoms with Gasteiger partial charge in [-0.2, -0.15) is 0 Å². The molecule has 6 heteroatoms. The Hall–Kier alpha value is -3.12. The van der Waals surface area contributed by atoms with Crippen LogP contribution in [0.1, 0.15) is 39.5 Å². The molecule has 0 aliphatic heterocycles. The second kappa shape index (κ2) is 7.72. The molecule has 1 amide bonds. The standard InChI is InChI=1S/C23H22N2O3S/c1-16-6-11-19(12-7-16)25-29(27,28)20-13-8-18(9-14-20)23(26)24-22-15-10-17-4-2-3-5-21(17)22/h2-9,11-14,22,25H,10,15H2,1H3,(H,24,26). The van der Waals surface area contributed by atoms with Crippen molar-refractivity contribution in [2.24, 2.45) is 0 Å². The van der Waals surface area contributed by atoms with Crippen molar-refractivity contribution in [2.75, 3.05) is 4.72 Å².